The molecule has 19 heavy (non-hydrogen) atoms. The normalized spacial score (nSPS) is 20.6. The van der Waals surface area contributed by atoms with Gasteiger partial charge < -0.3 is 10.6 Å². The Bertz CT molecular complexity index is 419. The largest absolute Gasteiger partial charge is 0.338 e. The van der Waals surface area contributed by atoms with E-state index in [2.05, 4.69) is 6.92 Å². The van der Waals surface area contributed by atoms with Crippen LogP contribution in [-0.2, 0) is 4.79 Å². The zero-order chi connectivity index (χ0) is 13.1. The summed E-state index contributed by atoms with van der Waals surface area (Å²) in [6.45, 7) is 4.99. The number of amides is 1. The second-order valence-electron chi connectivity index (χ2n) is 5.26. The number of hydrogen-bond donors (Lipinski definition) is 1. The van der Waals surface area contributed by atoms with E-state index in [0.29, 0.717) is 6.04 Å². The van der Waals surface area contributed by atoms with E-state index in [1.165, 1.54) is 12.0 Å². The van der Waals surface area contributed by atoms with Crippen molar-refractivity contribution in [2.75, 3.05) is 6.54 Å². The average Bonchev–Trinajstić information content (AvgIpc) is 2.38. The van der Waals surface area contributed by atoms with Gasteiger partial charge >= 0.3 is 0 Å². The highest BCUT2D eigenvalue weighted by atomic mass is 35.5. The van der Waals surface area contributed by atoms with Crippen LogP contribution in [0.25, 0.3) is 0 Å². The van der Waals surface area contributed by atoms with E-state index in [-0.39, 0.29) is 18.3 Å². The summed E-state index contributed by atoms with van der Waals surface area (Å²) in [4.78, 5) is 14.3. The monoisotopic (exact) mass is 282 g/mol. The Labute approximate surface area is 121 Å². The fraction of sp³-hybridized carbons (Fsp3) is 0.533. The lowest BCUT2D eigenvalue weighted by Crippen LogP contribution is -2.46. The molecule has 1 aromatic rings. The summed E-state index contributed by atoms with van der Waals surface area (Å²) in [5, 5.41) is 0. The Balaban J connectivity index is 0.00000180. The van der Waals surface area contributed by atoms with Crippen LogP contribution in [-0.4, -0.2) is 23.4 Å². The van der Waals surface area contributed by atoms with Gasteiger partial charge in [-0.25, -0.2) is 0 Å². The highest BCUT2D eigenvalue weighted by molar-refractivity contribution is 5.85. The molecule has 0 saturated carbocycles. The molecule has 2 atom stereocenters. The zero-order valence-corrected chi connectivity index (χ0v) is 12.5. The minimum Gasteiger partial charge on any atom is -0.338 e. The van der Waals surface area contributed by atoms with E-state index in [1.807, 2.05) is 36.1 Å². The molecule has 0 spiro atoms. The first-order chi connectivity index (χ1) is 8.59. The van der Waals surface area contributed by atoms with Crippen molar-refractivity contribution in [3.8, 4) is 0 Å². The zero-order valence-electron chi connectivity index (χ0n) is 11.6. The van der Waals surface area contributed by atoms with Crippen LogP contribution in [0.5, 0.6) is 0 Å². The van der Waals surface area contributed by atoms with Crippen molar-refractivity contribution >= 4 is 18.3 Å². The van der Waals surface area contributed by atoms with E-state index in [9.17, 15) is 4.79 Å². The minimum absolute atomic E-state index is 0. The predicted molar refractivity (Wildman–Crippen MR) is 80.4 cm³/mol. The highest BCUT2D eigenvalue weighted by Gasteiger charge is 2.27. The van der Waals surface area contributed by atoms with Crippen LogP contribution >= 0.6 is 12.4 Å². The number of nitrogens with zero attached hydrogens (tertiary/aromatic N) is 1. The molecule has 1 saturated heterocycles. The number of hydrogen-bond acceptors (Lipinski definition) is 2. The van der Waals surface area contributed by atoms with Gasteiger partial charge in [0.15, 0.2) is 0 Å². The summed E-state index contributed by atoms with van der Waals surface area (Å²) in [7, 11) is 0. The van der Waals surface area contributed by atoms with Gasteiger partial charge in [0.25, 0.3) is 0 Å². The predicted octanol–water partition coefficient (Wildman–Crippen LogP) is 2.82. The van der Waals surface area contributed by atoms with Gasteiger partial charge in [0.1, 0.15) is 6.04 Å². The second kappa shape index (κ2) is 6.92. The molecule has 0 aliphatic carbocycles. The first-order valence-electron chi connectivity index (χ1n) is 6.72. The number of rotatable bonds is 2. The molecule has 4 heteroatoms. The molecule has 1 aliphatic rings. The van der Waals surface area contributed by atoms with Gasteiger partial charge in [-0.1, -0.05) is 29.8 Å². The van der Waals surface area contributed by atoms with E-state index in [4.69, 9.17) is 5.73 Å². The number of carbonyl (C=O) groups is 1. The van der Waals surface area contributed by atoms with Gasteiger partial charge in [0, 0.05) is 12.6 Å². The molecule has 1 aromatic carbocycles. The third-order valence-corrected chi connectivity index (χ3v) is 3.79. The second-order valence-corrected chi connectivity index (χ2v) is 5.26. The molecule has 1 heterocycles. The van der Waals surface area contributed by atoms with Crippen molar-refractivity contribution in [3.63, 3.8) is 0 Å². The Morgan fingerprint density at radius 2 is 1.95 bits per heavy atom. The molecule has 1 aliphatic heterocycles. The van der Waals surface area contributed by atoms with Crippen LogP contribution in [0.15, 0.2) is 24.3 Å². The van der Waals surface area contributed by atoms with Crippen LogP contribution in [0, 0.1) is 6.92 Å². The molecule has 3 nitrogen and oxygen atoms in total. The fourth-order valence-electron chi connectivity index (χ4n) is 2.52. The lowest BCUT2D eigenvalue weighted by atomic mass is 10.00. The average molecular weight is 283 g/mol. The molecule has 1 amide bonds. The van der Waals surface area contributed by atoms with Crippen LogP contribution in [0.3, 0.4) is 0 Å². The summed E-state index contributed by atoms with van der Waals surface area (Å²) >= 11 is 0. The SMILES string of the molecule is Cc1ccc(C(N)C(=O)N2CCCCC2C)cc1.Cl. The molecular weight excluding hydrogens is 260 g/mol. The standard InChI is InChI=1S/C15H22N2O.ClH/c1-11-6-8-13(9-7-11)14(16)15(18)17-10-4-3-5-12(17)2;/h6-9,12,14H,3-5,10,16H2,1-2H3;1H. The minimum atomic E-state index is -0.522. The topological polar surface area (TPSA) is 46.3 Å². The van der Waals surface area contributed by atoms with Gasteiger partial charge in [0.05, 0.1) is 0 Å². The number of carbonyl (C=O) groups excluding carboxylic acids is 1. The highest BCUT2D eigenvalue weighted by Crippen LogP contribution is 2.21. The van der Waals surface area contributed by atoms with Crippen molar-refractivity contribution in [2.24, 2.45) is 5.73 Å². The summed E-state index contributed by atoms with van der Waals surface area (Å²) in [6, 6.07) is 7.71. The van der Waals surface area contributed by atoms with Crippen LogP contribution in [0.4, 0.5) is 0 Å². The lowest BCUT2D eigenvalue weighted by Gasteiger charge is -2.35. The molecule has 0 radical (unpaired) electrons. The maximum Gasteiger partial charge on any atom is 0.244 e. The molecule has 2 N–H and O–H groups in total. The smallest absolute Gasteiger partial charge is 0.244 e. The third kappa shape index (κ3) is 3.71. The quantitative estimate of drug-likeness (QED) is 0.907. The summed E-state index contributed by atoms with van der Waals surface area (Å²) < 4.78 is 0. The van der Waals surface area contributed by atoms with Gasteiger partial charge in [0.2, 0.25) is 5.91 Å². The Morgan fingerprint density at radius 3 is 2.53 bits per heavy atom. The number of piperidine rings is 1. The number of aryl methyl sites for hydroxylation is 1. The summed E-state index contributed by atoms with van der Waals surface area (Å²) in [5.41, 5.74) is 8.18. The molecular formula is C15H23ClN2O. The Hall–Kier alpha value is -1.06. The summed E-state index contributed by atoms with van der Waals surface area (Å²) in [5.74, 6) is 0.0612. The third-order valence-electron chi connectivity index (χ3n) is 3.79. The van der Waals surface area contributed by atoms with Gasteiger partial charge in [-0.2, -0.15) is 0 Å². The van der Waals surface area contributed by atoms with Crippen molar-refractivity contribution in [3.05, 3.63) is 35.4 Å². The van der Waals surface area contributed by atoms with Crippen molar-refractivity contribution < 1.29 is 4.79 Å². The lowest BCUT2D eigenvalue weighted by molar-refractivity contribution is -0.136. The molecule has 106 valence electrons. The number of halogens is 1. The van der Waals surface area contributed by atoms with Crippen LogP contribution in [0.2, 0.25) is 0 Å². The van der Waals surface area contributed by atoms with Gasteiger partial charge in [-0.3, -0.25) is 4.79 Å². The van der Waals surface area contributed by atoms with Gasteiger partial charge in [-0.05, 0) is 38.7 Å². The Morgan fingerprint density at radius 1 is 1.32 bits per heavy atom. The number of likely N-dealkylation sites (tertiary alicyclic amines) is 1. The first kappa shape index (κ1) is 16.0. The van der Waals surface area contributed by atoms with Crippen molar-refractivity contribution in [2.45, 2.75) is 45.2 Å². The van der Waals surface area contributed by atoms with E-state index in [1.54, 1.807) is 0 Å². The maximum absolute atomic E-state index is 12.4. The number of benzene rings is 1. The van der Waals surface area contributed by atoms with Crippen LogP contribution in [0.1, 0.15) is 43.4 Å². The molecule has 1 fully saturated rings. The van der Waals surface area contributed by atoms with E-state index < -0.39 is 6.04 Å². The fourth-order valence-corrected chi connectivity index (χ4v) is 2.52. The number of nitrogens with two attached hydrogens (primary N) is 1. The maximum atomic E-state index is 12.4. The van der Waals surface area contributed by atoms with Crippen molar-refractivity contribution in [1.29, 1.82) is 0 Å². The van der Waals surface area contributed by atoms with Gasteiger partial charge in [-0.15, -0.1) is 12.4 Å². The molecule has 2 unspecified atom stereocenters. The molecule has 0 aromatic heterocycles. The van der Waals surface area contributed by atoms with Crippen molar-refractivity contribution in [1.82, 2.24) is 4.90 Å². The summed E-state index contributed by atoms with van der Waals surface area (Å²) in [6.07, 6.45) is 3.40. The first-order valence-corrected chi connectivity index (χ1v) is 6.72. The molecule has 2 rings (SSSR count). The molecule has 0 bridgehead atoms. The van der Waals surface area contributed by atoms with E-state index >= 15 is 0 Å². The Kier molecular flexibility index (Phi) is 5.83. The van der Waals surface area contributed by atoms with Crippen LogP contribution < -0.4 is 5.73 Å². The van der Waals surface area contributed by atoms with E-state index in [0.717, 1.165) is 24.9 Å².